The molecule has 6 heteroatoms. The second-order valence-corrected chi connectivity index (χ2v) is 7.80. The van der Waals surface area contributed by atoms with Crippen LogP contribution in [0.4, 0.5) is 0 Å². The first-order valence-electron chi connectivity index (χ1n) is 8.36. The summed E-state index contributed by atoms with van der Waals surface area (Å²) < 4.78 is 6.97. The number of thioether (sulfide) groups is 1. The van der Waals surface area contributed by atoms with E-state index in [9.17, 15) is 4.79 Å². The van der Waals surface area contributed by atoms with Gasteiger partial charge in [0.1, 0.15) is 5.75 Å². The van der Waals surface area contributed by atoms with Gasteiger partial charge in [0.2, 0.25) is 0 Å². The monoisotopic (exact) mass is 367 g/mol. The number of hydrogen-bond donors (Lipinski definition) is 0. The molecule has 1 aromatic carbocycles. The first-order chi connectivity index (χ1) is 12.4. The molecule has 2 aromatic rings. The predicted octanol–water partition coefficient (Wildman–Crippen LogP) is 3.55. The summed E-state index contributed by atoms with van der Waals surface area (Å²) in [6.07, 6.45) is 2.44. The van der Waals surface area contributed by atoms with Gasteiger partial charge in [-0.25, -0.2) is 4.98 Å². The van der Waals surface area contributed by atoms with Gasteiger partial charge in [-0.05, 0) is 24.1 Å². The lowest BCUT2D eigenvalue weighted by atomic mass is 9.72. The molecule has 134 valence electrons. The van der Waals surface area contributed by atoms with Crippen LogP contribution in [0.25, 0.3) is 11.3 Å². The molecular weight excluding hydrogens is 346 g/mol. The third kappa shape index (κ3) is 3.04. The van der Waals surface area contributed by atoms with E-state index in [0.717, 1.165) is 23.3 Å². The predicted molar refractivity (Wildman–Crippen MR) is 104 cm³/mol. The molecule has 0 amide bonds. The first kappa shape index (κ1) is 18.3. The van der Waals surface area contributed by atoms with Gasteiger partial charge in [0, 0.05) is 23.1 Å². The van der Waals surface area contributed by atoms with E-state index in [4.69, 9.17) is 15.0 Å². The summed E-state index contributed by atoms with van der Waals surface area (Å²) in [6, 6.07) is 8.01. The second-order valence-electron chi connectivity index (χ2n) is 6.85. The number of nitriles is 1. The Morgan fingerprint density at radius 1 is 1.50 bits per heavy atom. The van der Waals surface area contributed by atoms with Gasteiger partial charge in [-0.15, -0.1) is 6.58 Å². The van der Waals surface area contributed by atoms with E-state index in [1.165, 1.54) is 11.8 Å². The number of fused-ring (bicyclic) bond motifs is 3. The van der Waals surface area contributed by atoms with Gasteiger partial charge in [0.25, 0.3) is 5.56 Å². The van der Waals surface area contributed by atoms with Crippen LogP contribution in [0, 0.1) is 11.3 Å². The summed E-state index contributed by atoms with van der Waals surface area (Å²) in [7, 11) is 1.62. The van der Waals surface area contributed by atoms with Crippen molar-refractivity contribution >= 4 is 11.8 Å². The molecule has 5 nitrogen and oxygen atoms in total. The molecule has 0 N–H and O–H groups in total. The third-order valence-corrected chi connectivity index (χ3v) is 5.44. The van der Waals surface area contributed by atoms with Crippen molar-refractivity contribution in [1.82, 2.24) is 9.55 Å². The minimum atomic E-state index is -0.331. The van der Waals surface area contributed by atoms with E-state index in [1.54, 1.807) is 17.8 Å². The summed E-state index contributed by atoms with van der Waals surface area (Å²) in [6.45, 7) is 8.26. The Kier molecular flexibility index (Phi) is 4.92. The number of allylic oxidation sites excluding steroid dienone is 1. The summed E-state index contributed by atoms with van der Waals surface area (Å²) >= 11 is 1.27. The lowest BCUT2D eigenvalue weighted by Gasteiger charge is -2.33. The highest BCUT2D eigenvalue weighted by molar-refractivity contribution is 7.99. The number of rotatable bonds is 5. The number of methoxy groups -OCH3 is 1. The molecular formula is C20H21N3O2S. The highest BCUT2D eigenvalue weighted by atomic mass is 32.2. The van der Waals surface area contributed by atoms with Crippen molar-refractivity contribution in [3.05, 3.63) is 52.3 Å². The molecule has 0 fully saturated rings. The molecule has 0 radical (unpaired) electrons. The molecule has 26 heavy (non-hydrogen) atoms. The average molecular weight is 367 g/mol. The van der Waals surface area contributed by atoms with Crippen molar-refractivity contribution in [2.75, 3.05) is 12.9 Å². The fraction of sp³-hybridized carbons (Fsp3) is 0.350. The van der Waals surface area contributed by atoms with Crippen LogP contribution in [0.1, 0.15) is 25.0 Å². The standard InChI is InChI=1S/C20H21N3O2S/c1-5-9-23-18(24)16-17(22-19(23)26-10-8-21)15-11-14(25-4)7-6-13(15)12-20(16,2)3/h5-7,11H,1,9-10,12H2,2-4H3. The number of ether oxygens (including phenoxy) is 1. The van der Waals surface area contributed by atoms with Crippen LogP contribution in [0.15, 0.2) is 40.8 Å². The maximum Gasteiger partial charge on any atom is 0.258 e. The number of nitrogens with zero attached hydrogens (tertiary/aromatic N) is 3. The molecule has 0 unspecified atom stereocenters. The Balaban J connectivity index is 2.33. The van der Waals surface area contributed by atoms with Crippen LogP contribution in [-0.2, 0) is 18.4 Å². The fourth-order valence-electron chi connectivity index (χ4n) is 3.46. The second kappa shape index (κ2) is 7.00. The molecule has 1 aliphatic rings. The van der Waals surface area contributed by atoms with Crippen LogP contribution in [0.3, 0.4) is 0 Å². The zero-order valence-corrected chi connectivity index (χ0v) is 16.0. The number of aromatic nitrogens is 2. The highest BCUT2D eigenvalue weighted by Gasteiger charge is 2.36. The number of benzene rings is 1. The molecule has 0 atom stereocenters. The van der Waals surface area contributed by atoms with Crippen LogP contribution >= 0.6 is 11.8 Å². The van der Waals surface area contributed by atoms with Crippen LogP contribution in [0.5, 0.6) is 5.75 Å². The van der Waals surface area contributed by atoms with Crippen LogP contribution < -0.4 is 10.3 Å². The molecule has 0 spiro atoms. The zero-order valence-electron chi connectivity index (χ0n) is 15.2. The van der Waals surface area contributed by atoms with E-state index in [0.29, 0.717) is 23.0 Å². The van der Waals surface area contributed by atoms with Gasteiger partial charge in [0.15, 0.2) is 5.16 Å². The molecule has 1 aliphatic carbocycles. The Morgan fingerprint density at radius 2 is 2.27 bits per heavy atom. The van der Waals surface area contributed by atoms with Crippen LogP contribution in [-0.4, -0.2) is 22.4 Å². The fourth-order valence-corrected chi connectivity index (χ4v) is 4.12. The van der Waals surface area contributed by atoms with E-state index in [2.05, 4.69) is 26.5 Å². The Labute approximate surface area is 157 Å². The zero-order chi connectivity index (χ0) is 18.9. The molecule has 0 aliphatic heterocycles. The largest absolute Gasteiger partial charge is 0.497 e. The summed E-state index contributed by atoms with van der Waals surface area (Å²) in [5, 5.41) is 9.49. The summed E-state index contributed by atoms with van der Waals surface area (Å²) in [5.74, 6) is 0.967. The molecule has 1 heterocycles. The molecule has 0 saturated carbocycles. The van der Waals surface area contributed by atoms with Crippen LogP contribution in [0.2, 0.25) is 0 Å². The van der Waals surface area contributed by atoms with E-state index in [-0.39, 0.29) is 16.7 Å². The quantitative estimate of drug-likeness (QED) is 0.459. The topological polar surface area (TPSA) is 67.9 Å². The van der Waals surface area contributed by atoms with Gasteiger partial charge in [-0.3, -0.25) is 9.36 Å². The minimum absolute atomic E-state index is 0.0613. The van der Waals surface area contributed by atoms with E-state index in [1.807, 2.05) is 18.2 Å². The molecule has 1 aromatic heterocycles. The van der Waals surface area contributed by atoms with E-state index < -0.39 is 0 Å². The Hall–Kier alpha value is -2.52. The lowest BCUT2D eigenvalue weighted by molar-refractivity contribution is 0.414. The van der Waals surface area contributed by atoms with Crippen molar-refractivity contribution in [2.24, 2.45) is 0 Å². The van der Waals surface area contributed by atoms with Gasteiger partial charge >= 0.3 is 0 Å². The van der Waals surface area contributed by atoms with Crippen molar-refractivity contribution in [1.29, 1.82) is 5.26 Å². The number of hydrogen-bond acceptors (Lipinski definition) is 5. The molecule has 0 saturated heterocycles. The van der Waals surface area contributed by atoms with Crippen molar-refractivity contribution in [2.45, 2.75) is 37.4 Å². The van der Waals surface area contributed by atoms with E-state index >= 15 is 0 Å². The first-order valence-corrected chi connectivity index (χ1v) is 9.34. The van der Waals surface area contributed by atoms with Crippen molar-refractivity contribution in [3.63, 3.8) is 0 Å². The Bertz CT molecular complexity index is 970. The summed E-state index contributed by atoms with van der Waals surface area (Å²) in [5.41, 5.74) is 3.09. The van der Waals surface area contributed by atoms with Crippen molar-refractivity contribution < 1.29 is 4.74 Å². The SMILES string of the molecule is C=CCn1c(SCC#N)nc2c(c1=O)C(C)(C)Cc1ccc(OC)cc1-2. The van der Waals surface area contributed by atoms with Gasteiger partial charge in [-0.1, -0.05) is 37.8 Å². The highest BCUT2D eigenvalue weighted by Crippen LogP contribution is 2.42. The molecule has 3 rings (SSSR count). The van der Waals surface area contributed by atoms with Crippen molar-refractivity contribution in [3.8, 4) is 23.1 Å². The Morgan fingerprint density at radius 3 is 2.92 bits per heavy atom. The lowest BCUT2D eigenvalue weighted by Crippen LogP contribution is -2.38. The molecule has 0 bridgehead atoms. The maximum absolute atomic E-state index is 13.3. The van der Waals surface area contributed by atoms with Gasteiger partial charge in [-0.2, -0.15) is 5.26 Å². The van der Waals surface area contributed by atoms with Gasteiger partial charge in [0.05, 0.1) is 24.6 Å². The summed E-state index contributed by atoms with van der Waals surface area (Å²) in [4.78, 5) is 18.1. The van der Waals surface area contributed by atoms with Gasteiger partial charge < -0.3 is 4.74 Å². The minimum Gasteiger partial charge on any atom is -0.497 e. The average Bonchev–Trinajstić information content (AvgIpc) is 2.61. The maximum atomic E-state index is 13.3. The normalized spacial score (nSPS) is 14.1. The third-order valence-electron chi connectivity index (χ3n) is 4.59. The smallest absolute Gasteiger partial charge is 0.258 e.